The second-order valence-corrected chi connectivity index (χ2v) is 6.85. The highest BCUT2D eigenvalue weighted by Gasteiger charge is 2.24. The van der Waals surface area contributed by atoms with Crippen molar-refractivity contribution >= 4 is 11.6 Å². The van der Waals surface area contributed by atoms with E-state index in [1.54, 1.807) is 7.11 Å². The van der Waals surface area contributed by atoms with Crippen LogP contribution in [0.25, 0.3) is 0 Å². The largest absolute Gasteiger partial charge is 0.497 e. The van der Waals surface area contributed by atoms with E-state index in [4.69, 9.17) is 9.26 Å². The number of amides is 1. The summed E-state index contributed by atoms with van der Waals surface area (Å²) in [6.45, 7) is 5.40. The quantitative estimate of drug-likeness (QED) is 0.859. The van der Waals surface area contributed by atoms with Gasteiger partial charge >= 0.3 is 0 Å². The number of carbonyl (C=O) groups is 1. The first-order chi connectivity index (χ1) is 12.6. The smallest absolute Gasteiger partial charge is 0.222 e. The summed E-state index contributed by atoms with van der Waals surface area (Å²) < 4.78 is 10.4. The number of piperidine rings is 1. The Hall–Kier alpha value is -2.50. The lowest BCUT2D eigenvalue weighted by Crippen LogP contribution is -2.45. The summed E-state index contributed by atoms with van der Waals surface area (Å²) in [6, 6.07) is 8.18. The number of carbonyl (C=O) groups excluding carboxylic acids is 1. The normalized spacial score (nSPS) is 17.2. The Bertz CT molecular complexity index is 720. The number of aromatic nitrogens is 1. The zero-order valence-corrected chi connectivity index (χ0v) is 15.7. The van der Waals surface area contributed by atoms with Gasteiger partial charge in [-0.3, -0.25) is 4.79 Å². The molecule has 1 aliphatic rings. The number of rotatable bonds is 6. The molecule has 0 bridgehead atoms. The lowest BCUT2D eigenvalue weighted by atomic mass is 10.0. The maximum absolute atomic E-state index is 12.6. The van der Waals surface area contributed by atoms with Crippen LogP contribution in [0, 0.1) is 13.8 Å². The molecule has 1 unspecified atom stereocenters. The van der Waals surface area contributed by atoms with Crippen LogP contribution in [0.1, 0.15) is 36.3 Å². The molecule has 1 saturated heterocycles. The molecule has 26 heavy (non-hydrogen) atoms. The number of hydrogen-bond acceptors (Lipinski definition) is 5. The third-order valence-electron chi connectivity index (χ3n) is 5.00. The van der Waals surface area contributed by atoms with Crippen molar-refractivity contribution < 1.29 is 14.1 Å². The first-order valence-electron chi connectivity index (χ1n) is 9.17. The Morgan fingerprint density at radius 1 is 1.35 bits per heavy atom. The van der Waals surface area contributed by atoms with Gasteiger partial charge in [-0.2, -0.15) is 0 Å². The Labute approximate surface area is 154 Å². The Morgan fingerprint density at radius 2 is 2.12 bits per heavy atom. The van der Waals surface area contributed by atoms with Gasteiger partial charge in [0.2, 0.25) is 5.91 Å². The topological polar surface area (TPSA) is 67.6 Å². The molecule has 2 heterocycles. The molecule has 1 atom stereocenters. The number of anilines is 1. The van der Waals surface area contributed by atoms with Crippen LogP contribution in [0.2, 0.25) is 0 Å². The van der Waals surface area contributed by atoms with E-state index in [1.165, 1.54) is 0 Å². The first-order valence-corrected chi connectivity index (χ1v) is 9.17. The third-order valence-corrected chi connectivity index (χ3v) is 5.00. The lowest BCUT2D eigenvalue weighted by Gasteiger charge is -2.34. The zero-order chi connectivity index (χ0) is 18.5. The molecule has 0 spiro atoms. The van der Waals surface area contributed by atoms with Crippen molar-refractivity contribution in [1.82, 2.24) is 10.1 Å². The number of benzene rings is 1. The predicted octanol–water partition coefficient (Wildman–Crippen LogP) is 3.34. The average molecular weight is 357 g/mol. The van der Waals surface area contributed by atoms with Gasteiger partial charge in [0, 0.05) is 36.8 Å². The summed E-state index contributed by atoms with van der Waals surface area (Å²) in [7, 11) is 1.66. The predicted molar refractivity (Wildman–Crippen MR) is 101 cm³/mol. The van der Waals surface area contributed by atoms with Gasteiger partial charge in [0.25, 0.3) is 0 Å². The van der Waals surface area contributed by atoms with Gasteiger partial charge in [0.05, 0.1) is 12.8 Å². The molecular weight excluding hydrogens is 330 g/mol. The Kier molecular flexibility index (Phi) is 5.81. The maximum Gasteiger partial charge on any atom is 0.222 e. The SMILES string of the molecule is COc1ccc(NC2CCCN(C(=O)CCc3c(C)noc3C)C2)cc1. The van der Waals surface area contributed by atoms with Crippen LogP contribution < -0.4 is 10.1 Å². The second-order valence-electron chi connectivity index (χ2n) is 6.85. The van der Waals surface area contributed by atoms with Crippen molar-refractivity contribution in [3.63, 3.8) is 0 Å². The van der Waals surface area contributed by atoms with Gasteiger partial charge < -0.3 is 19.5 Å². The first kappa shape index (κ1) is 18.3. The molecule has 1 N–H and O–H groups in total. The summed E-state index contributed by atoms with van der Waals surface area (Å²) in [5, 5.41) is 7.49. The molecular formula is C20H27N3O3. The Morgan fingerprint density at radius 3 is 2.77 bits per heavy atom. The van der Waals surface area contributed by atoms with Crippen molar-refractivity contribution in [3.8, 4) is 5.75 Å². The molecule has 1 amide bonds. The van der Waals surface area contributed by atoms with Crippen molar-refractivity contribution in [2.45, 2.75) is 45.6 Å². The number of likely N-dealkylation sites (tertiary alicyclic amines) is 1. The molecule has 1 fully saturated rings. The second kappa shape index (κ2) is 8.25. The fourth-order valence-electron chi connectivity index (χ4n) is 3.49. The molecule has 1 aromatic heterocycles. The highest BCUT2D eigenvalue weighted by molar-refractivity contribution is 5.76. The maximum atomic E-state index is 12.6. The standard InChI is InChI=1S/C20H27N3O3/c1-14-19(15(2)26-22-14)10-11-20(24)23-12-4-5-17(13-23)21-16-6-8-18(25-3)9-7-16/h6-9,17,21H,4-5,10-13H2,1-3H3. The van der Waals surface area contributed by atoms with E-state index in [0.29, 0.717) is 12.8 Å². The molecule has 0 aliphatic carbocycles. The number of nitrogens with one attached hydrogen (secondary N) is 1. The summed E-state index contributed by atoms with van der Waals surface area (Å²) in [5.41, 5.74) is 3.00. The number of aryl methyl sites for hydroxylation is 2. The van der Waals surface area contributed by atoms with Gasteiger partial charge in [0.1, 0.15) is 11.5 Å². The summed E-state index contributed by atoms with van der Waals surface area (Å²) in [4.78, 5) is 14.6. The molecule has 1 aliphatic heterocycles. The molecule has 1 aromatic carbocycles. The third kappa shape index (κ3) is 4.36. The Balaban J connectivity index is 1.53. The van der Waals surface area contributed by atoms with Crippen LogP contribution in [0.5, 0.6) is 5.75 Å². The van der Waals surface area contributed by atoms with Crippen molar-refractivity contribution in [2.24, 2.45) is 0 Å². The molecule has 2 aromatic rings. The molecule has 3 rings (SSSR count). The number of methoxy groups -OCH3 is 1. The van der Waals surface area contributed by atoms with E-state index in [-0.39, 0.29) is 11.9 Å². The van der Waals surface area contributed by atoms with Gasteiger partial charge in [-0.1, -0.05) is 5.16 Å². The zero-order valence-electron chi connectivity index (χ0n) is 15.7. The summed E-state index contributed by atoms with van der Waals surface area (Å²) in [5.74, 6) is 1.86. The minimum absolute atomic E-state index is 0.200. The molecule has 140 valence electrons. The number of ether oxygens (including phenoxy) is 1. The number of nitrogens with zero attached hydrogens (tertiary/aromatic N) is 2. The molecule has 0 radical (unpaired) electrons. The van der Waals surface area contributed by atoms with Crippen LogP contribution in [0.4, 0.5) is 5.69 Å². The van der Waals surface area contributed by atoms with Crippen molar-refractivity contribution in [1.29, 1.82) is 0 Å². The van der Waals surface area contributed by atoms with Gasteiger partial charge in [-0.15, -0.1) is 0 Å². The van der Waals surface area contributed by atoms with E-state index in [2.05, 4.69) is 10.5 Å². The molecule has 6 heteroatoms. The van der Waals surface area contributed by atoms with E-state index >= 15 is 0 Å². The summed E-state index contributed by atoms with van der Waals surface area (Å²) >= 11 is 0. The average Bonchev–Trinajstić information content (AvgIpc) is 2.98. The molecule has 6 nitrogen and oxygen atoms in total. The van der Waals surface area contributed by atoms with Crippen molar-refractivity contribution in [3.05, 3.63) is 41.3 Å². The van der Waals surface area contributed by atoms with Gasteiger partial charge in [-0.25, -0.2) is 0 Å². The summed E-state index contributed by atoms with van der Waals surface area (Å²) in [6.07, 6.45) is 3.27. The fraction of sp³-hybridized carbons (Fsp3) is 0.500. The van der Waals surface area contributed by atoms with Crippen LogP contribution in [-0.2, 0) is 11.2 Å². The van der Waals surface area contributed by atoms with Crippen LogP contribution in [-0.4, -0.2) is 42.2 Å². The lowest BCUT2D eigenvalue weighted by molar-refractivity contribution is -0.132. The minimum atomic E-state index is 0.200. The van der Waals surface area contributed by atoms with E-state index < -0.39 is 0 Å². The van der Waals surface area contributed by atoms with Crippen LogP contribution in [0.15, 0.2) is 28.8 Å². The monoisotopic (exact) mass is 357 g/mol. The van der Waals surface area contributed by atoms with Gasteiger partial charge in [-0.05, 0) is 57.4 Å². The van der Waals surface area contributed by atoms with Crippen LogP contribution in [0.3, 0.4) is 0 Å². The van der Waals surface area contributed by atoms with E-state index in [0.717, 1.165) is 54.4 Å². The van der Waals surface area contributed by atoms with E-state index in [9.17, 15) is 4.79 Å². The van der Waals surface area contributed by atoms with E-state index in [1.807, 2.05) is 43.0 Å². The van der Waals surface area contributed by atoms with Crippen LogP contribution >= 0.6 is 0 Å². The highest BCUT2D eigenvalue weighted by atomic mass is 16.5. The minimum Gasteiger partial charge on any atom is -0.497 e. The number of hydrogen-bond donors (Lipinski definition) is 1. The highest BCUT2D eigenvalue weighted by Crippen LogP contribution is 2.20. The molecule has 0 saturated carbocycles. The fourth-order valence-corrected chi connectivity index (χ4v) is 3.49. The van der Waals surface area contributed by atoms with Crippen molar-refractivity contribution in [2.75, 3.05) is 25.5 Å². The van der Waals surface area contributed by atoms with Gasteiger partial charge in [0.15, 0.2) is 0 Å².